The molecule has 8 nitrogen and oxygen atoms in total. The summed E-state index contributed by atoms with van der Waals surface area (Å²) in [7, 11) is 0. The number of carboxylic acid groups (broad SMARTS) is 1. The number of nitrogens with one attached hydrogen (secondary N) is 2. The van der Waals surface area contributed by atoms with Gasteiger partial charge >= 0.3 is 11.9 Å². The second-order valence-corrected chi connectivity index (χ2v) is 8.78. The van der Waals surface area contributed by atoms with E-state index in [-0.39, 0.29) is 28.8 Å². The molecule has 9 heteroatoms. The molecule has 0 saturated heterocycles. The van der Waals surface area contributed by atoms with E-state index in [0.717, 1.165) is 17.7 Å². The van der Waals surface area contributed by atoms with Crippen molar-refractivity contribution in [3.8, 4) is 0 Å². The molecule has 2 amide bonds. The molecule has 0 radical (unpaired) electrons. The second-order valence-electron chi connectivity index (χ2n) is 7.73. The minimum Gasteiger partial charge on any atom is -0.478 e. The summed E-state index contributed by atoms with van der Waals surface area (Å²) in [5.74, 6) is -2.12. The standard InChI is InChI=1S/C27H26N2O6S/c1-2-3-16-35-27(34)18-8-10-19(11-9-18)28-24(30)17-36-21-14-12-20(13-15-21)29-25(31)22-6-4-5-7-23(22)26(32)33/h4-15H,2-3,16-17H2,1H3,(H,28,30)(H,29,31)(H,32,33). The Balaban J connectivity index is 1.48. The molecule has 3 N–H and O–H groups in total. The van der Waals surface area contributed by atoms with Crippen LogP contribution < -0.4 is 10.6 Å². The molecule has 0 aromatic heterocycles. The van der Waals surface area contributed by atoms with Gasteiger partial charge in [-0.25, -0.2) is 9.59 Å². The normalized spacial score (nSPS) is 10.4. The van der Waals surface area contributed by atoms with E-state index in [9.17, 15) is 24.3 Å². The summed E-state index contributed by atoms with van der Waals surface area (Å²) in [6, 6.07) is 19.4. The lowest BCUT2D eigenvalue weighted by atomic mass is 10.1. The van der Waals surface area contributed by atoms with Crippen LogP contribution in [-0.4, -0.2) is 41.2 Å². The molecule has 3 rings (SSSR count). The van der Waals surface area contributed by atoms with Gasteiger partial charge in [-0.05, 0) is 67.1 Å². The van der Waals surface area contributed by atoms with Crippen LogP contribution in [0.1, 0.15) is 50.8 Å². The van der Waals surface area contributed by atoms with Crippen LogP contribution in [0.3, 0.4) is 0 Å². The van der Waals surface area contributed by atoms with Crippen molar-refractivity contribution in [2.75, 3.05) is 23.0 Å². The van der Waals surface area contributed by atoms with Crippen LogP contribution in [0.4, 0.5) is 11.4 Å². The summed E-state index contributed by atoms with van der Waals surface area (Å²) >= 11 is 1.32. The zero-order valence-corrected chi connectivity index (χ0v) is 20.5. The molecule has 0 bridgehead atoms. The van der Waals surface area contributed by atoms with Crippen LogP contribution in [0.15, 0.2) is 77.7 Å². The average Bonchev–Trinajstić information content (AvgIpc) is 2.88. The van der Waals surface area contributed by atoms with Gasteiger partial charge in [0.15, 0.2) is 0 Å². The molecule has 3 aromatic carbocycles. The number of benzene rings is 3. The van der Waals surface area contributed by atoms with Crippen molar-refractivity contribution in [1.29, 1.82) is 0 Å². The van der Waals surface area contributed by atoms with Crippen molar-refractivity contribution in [1.82, 2.24) is 0 Å². The van der Waals surface area contributed by atoms with Gasteiger partial charge in [0.1, 0.15) is 0 Å². The van der Waals surface area contributed by atoms with Gasteiger partial charge in [0.25, 0.3) is 5.91 Å². The fourth-order valence-corrected chi connectivity index (χ4v) is 3.83. The highest BCUT2D eigenvalue weighted by molar-refractivity contribution is 8.00. The first-order valence-electron chi connectivity index (χ1n) is 11.3. The maximum atomic E-state index is 12.5. The molecule has 0 spiro atoms. The summed E-state index contributed by atoms with van der Waals surface area (Å²) in [5, 5.41) is 14.7. The van der Waals surface area contributed by atoms with Crippen molar-refractivity contribution >= 4 is 46.9 Å². The molecule has 3 aromatic rings. The van der Waals surface area contributed by atoms with Crippen LogP contribution in [0.5, 0.6) is 0 Å². The Bertz CT molecular complexity index is 1230. The van der Waals surface area contributed by atoms with Crippen LogP contribution in [0, 0.1) is 0 Å². The molecule has 36 heavy (non-hydrogen) atoms. The predicted octanol–water partition coefficient (Wildman–Crippen LogP) is 5.32. The minimum atomic E-state index is -1.17. The fourth-order valence-electron chi connectivity index (χ4n) is 3.13. The first-order chi connectivity index (χ1) is 17.4. The van der Waals surface area contributed by atoms with Crippen molar-refractivity contribution in [3.63, 3.8) is 0 Å². The third-order valence-electron chi connectivity index (χ3n) is 5.02. The van der Waals surface area contributed by atoms with E-state index in [4.69, 9.17) is 4.74 Å². The van der Waals surface area contributed by atoms with E-state index in [2.05, 4.69) is 10.6 Å². The number of amides is 2. The lowest BCUT2D eigenvalue weighted by Crippen LogP contribution is -2.16. The smallest absolute Gasteiger partial charge is 0.338 e. The lowest BCUT2D eigenvalue weighted by molar-refractivity contribution is -0.113. The topological polar surface area (TPSA) is 122 Å². The van der Waals surface area contributed by atoms with Crippen LogP contribution in [0.2, 0.25) is 0 Å². The third kappa shape index (κ3) is 7.71. The van der Waals surface area contributed by atoms with E-state index in [1.807, 2.05) is 6.92 Å². The van der Waals surface area contributed by atoms with Gasteiger partial charge in [-0.15, -0.1) is 11.8 Å². The Morgan fingerprint density at radius 1 is 0.833 bits per heavy atom. The van der Waals surface area contributed by atoms with Crippen LogP contribution >= 0.6 is 11.8 Å². The third-order valence-corrected chi connectivity index (χ3v) is 6.03. The predicted molar refractivity (Wildman–Crippen MR) is 139 cm³/mol. The number of anilines is 2. The number of esters is 1. The molecule has 0 unspecified atom stereocenters. The highest BCUT2D eigenvalue weighted by atomic mass is 32.2. The molecule has 0 aliphatic carbocycles. The van der Waals surface area contributed by atoms with Crippen molar-refractivity contribution in [3.05, 3.63) is 89.5 Å². The Labute approximate surface area is 213 Å². The van der Waals surface area contributed by atoms with E-state index in [1.165, 1.54) is 23.9 Å². The highest BCUT2D eigenvalue weighted by Gasteiger charge is 2.16. The first-order valence-corrected chi connectivity index (χ1v) is 12.3. The Morgan fingerprint density at radius 2 is 1.44 bits per heavy atom. The minimum absolute atomic E-state index is 0.0709. The maximum Gasteiger partial charge on any atom is 0.338 e. The van der Waals surface area contributed by atoms with Gasteiger partial charge in [0.05, 0.1) is 29.1 Å². The van der Waals surface area contributed by atoms with Gasteiger partial charge < -0.3 is 20.5 Å². The number of thioether (sulfide) groups is 1. The molecule has 0 aliphatic heterocycles. The second kappa shape index (κ2) is 13.1. The number of aromatic carboxylic acids is 1. The van der Waals surface area contributed by atoms with Crippen LogP contribution in [0.25, 0.3) is 0 Å². The van der Waals surface area contributed by atoms with Gasteiger partial charge in [0, 0.05) is 16.3 Å². The van der Waals surface area contributed by atoms with Crippen molar-refractivity contribution in [2.45, 2.75) is 24.7 Å². The van der Waals surface area contributed by atoms with E-state index >= 15 is 0 Å². The zero-order chi connectivity index (χ0) is 25.9. The Morgan fingerprint density at radius 3 is 2.08 bits per heavy atom. The number of carbonyl (C=O) groups is 4. The molecular formula is C27H26N2O6S. The fraction of sp³-hybridized carbons (Fsp3) is 0.185. The number of ether oxygens (including phenoxy) is 1. The molecule has 0 atom stereocenters. The van der Waals surface area contributed by atoms with Crippen LogP contribution in [-0.2, 0) is 9.53 Å². The SMILES string of the molecule is CCCCOC(=O)c1ccc(NC(=O)CSc2ccc(NC(=O)c3ccccc3C(=O)O)cc2)cc1. The van der Waals surface area contributed by atoms with Gasteiger partial charge in [0.2, 0.25) is 5.91 Å². The van der Waals surface area contributed by atoms with Crippen molar-refractivity contribution < 1.29 is 29.0 Å². The summed E-state index contributed by atoms with van der Waals surface area (Å²) in [6.45, 7) is 2.40. The van der Waals surface area contributed by atoms with Gasteiger partial charge in [-0.2, -0.15) is 0 Å². The van der Waals surface area contributed by atoms with E-state index in [1.54, 1.807) is 60.7 Å². The van der Waals surface area contributed by atoms with Crippen molar-refractivity contribution in [2.24, 2.45) is 0 Å². The molecular weight excluding hydrogens is 480 g/mol. The molecule has 0 saturated carbocycles. The summed E-state index contributed by atoms with van der Waals surface area (Å²) in [5.41, 5.74) is 1.50. The first kappa shape index (κ1) is 26.5. The summed E-state index contributed by atoms with van der Waals surface area (Å²) < 4.78 is 5.17. The Kier molecular flexibility index (Phi) is 9.64. The average molecular weight is 507 g/mol. The number of rotatable bonds is 11. The summed E-state index contributed by atoms with van der Waals surface area (Å²) in [6.07, 6.45) is 1.76. The number of carbonyl (C=O) groups excluding carboxylic acids is 3. The quantitative estimate of drug-likeness (QED) is 0.183. The molecule has 0 heterocycles. The largest absolute Gasteiger partial charge is 0.478 e. The highest BCUT2D eigenvalue weighted by Crippen LogP contribution is 2.22. The van der Waals surface area contributed by atoms with Gasteiger partial charge in [-0.1, -0.05) is 25.5 Å². The number of unbranched alkanes of at least 4 members (excludes halogenated alkanes) is 1. The number of hydrogen-bond acceptors (Lipinski definition) is 6. The van der Waals surface area contributed by atoms with E-state index < -0.39 is 11.9 Å². The monoisotopic (exact) mass is 506 g/mol. The number of carboxylic acids is 1. The molecule has 186 valence electrons. The molecule has 0 aliphatic rings. The maximum absolute atomic E-state index is 12.5. The van der Waals surface area contributed by atoms with Gasteiger partial charge in [-0.3, -0.25) is 9.59 Å². The summed E-state index contributed by atoms with van der Waals surface area (Å²) in [4.78, 5) is 48.9. The Hall–Kier alpha value is -4.11. The van der Waals surface area contributed by atoms with E-state index in [0.29, 0.717) is 23.5 Å². The zero-order valence-electron chi connectivity index (χ0n) is 19.7. The molecule has 0 fully saturated rings. The lowest BCUT2D eigenvalue weighted by Gasteiger charge is -2.09. The number of hydrogen-bond donors (Lipinski definition) is 3.